The second-order valence-electron chi connectivity index (χ2n) is 5.11. The molecule has 1 aliphatic heterocycles. The molecule has 0 saturated heterocycles. The summed E-state index contributed by atoms with van der Waals surface area (Å²) in [4.78, 5) is 13.5. The van der Waals surface area contributed by atoms with E-state index in [2.05, 4.69) is 29.2 Å². The number of hydrogen-bond acceptors (Lipinski definition) is 2. The lowest BCUT2D eigenvalue weighted by atomic mass is 10.0. The van der Waals surface area contributed by atoms with Crippen LogP contribution in [0.15, 0.2) is 42.5 Å². The Bertz CT molecular complexity index is 639. The highest BCUT2D eigenvalue weighted by Gasteiger charge is 2.16. The van der Waals surface area contributed by atoms with Crippen LogP contribution in [0.2, 0.25) is 5.02 Å². The standard InChI is InChI=1S/C17H16ClNO/c18-16-7-8-17(15(10-16)12-20)19-9-3-6-13-4-1-2-5-14(13)11-19/h1-2,4-5,7-8,10,12H,3,6,9,11H2. The van der Waals surface area contributed by atoms with Gasteiger partial charge < -0.3 is 4.90 Å². The van der Waals surface area contributed by atoms with Crippen molar-refractivity contribution in [1.29, 1.82) is 0 Å². The first kappa shape index (κ1) is 13.2. The number of hydrogen-bond donors (Lipinski definition) is 0. The Morgan fingerprint density at radius 2 is 1.90 bits per heavy atom. The number of aldehydes is 1. The SMILES string of the molecule is O=Cc1cc(Cl)ccc1N1CCCc2ccccc2C1. The first-order chi connectivity index (χ1) is 9.78. The Labute approximate surface area is 124 Å². The lowest BCUT2D eigenvalue weighted by molar-refractivity contribution is 0.112. The monoisotopic (exact) mass is 285 g/mol. The summed E-state index contributed by atoms with van der Waals surface area (Å²) in [6, 6.07) is 14.1. The highest BCUT2D eigenvalue weighted by molar-refractivity contribution is 6.31. The fraction of sp³-hybridized carbons (Fsp3) is 0.235. The van der Waals surface area contributed by atoms with Crippen molar-refractivity contribution in [2.45, 2.75) is 19.4 Å². The molecule has 3 rings (SSSR count). The number of carbonyl (C=O) groups excluding carboxylic acids is 1. The molecule has 0 aromatic heterocycles. The van der Waals surface area contributed by atoms with E-state index < -0.39 is 0 Å². The predicted molar refractivity (Wildman–Crippen MR) is 82.7 cm³/mol. The number of anilines is 1. The average molecular weight is 286 g/mol. The quantitative estimate of drug-likeness (QED) is 0.774. The van der Waals surface area contributed by atoms with E-state index in [0.29, 0.717) is 10.6 Å². The second kappa shape index (κ2) is 5.68. The number of fused-ring (bicyclic) bond motifs is 1. The van der Waals surface area contributed by atoms with E-state index in [9.17, 15) is 4.79 Å². The summed E-state index contributed by atoms with van der Waals surface area (Å²) < 4.78 is 0. The van der Waals surface area contributed by atoms with Gasteiger partial charge in [0.15, 0.2) is 6.29 Å². The van der Waals surface area contributed by atoms with Crippen LogP contribution in [0.5, 0.6) is 0 Å². The lowest BCUT2D eigenvalue weighted by Gasteiger charge is -2.24. The second-order valence-corrected chi connectivity index (χ2v) is 5.55. The van der Waals surface area contributed by atoms with E-state index in [1.54, 1.807) is 6.07 Å². The van der Waals surface area contributed by atoms with Crippen LogP contribution < -0.4 is 4.90 Å². The Hall–Kier alpha value is -1.80. The molecule has 0 amide bonds. The van der Waals surface area contributed by atoms with Gasteiger partial charge >= 0.3 is 0 Å². The maximum atomic E-state index is 11.3. The molecule has 0 bridgehead atoms. The van der Waals surface area contributed by atoms with E-state index in [1.807, 2.05) is 12.1 Å². The van der Waals surface area contributed by atoms with Crippen LogP contribution in [0.3, 0.4) is 0 Å². The van der Waals surface area contributed by atoms with Gasteiger partial charge in [0, 0.05) is 29.4 Å². The van der Waals surface area contributed by atoms with E-state index in [-0.39, 0.29) is 0 Å². The largest absolute Gasteiger partial charge is 0.367 e. The molecule has 0 unspecified atom stereocenters. The fourth-order valence-electron chi connectivity index (χ4n) is 2.81. The molecule has 2 aromatic rings. The number of rotatable bonds is 2. The Kier molecular flexibility index (Phi) is 3.75. The molecule has 0 atom stereocenters. The third kappa shape index (κ3) is 2.56. The summed E-state index contributed by atoms with van der Waals surface area (Å²) in [5.74, 6) is 0. The van der Waals surface area contributed by atoms with E-state index in [1.165, 1.54) is 11.1 Å². The topological polar surface area (TPSA) is 20.3 Å². The zero-order valence-corrected chi connectivity index (χ0v) is 11.9. The zero-order chi connectivity index (χ0) is 13.9. The van der Waals surface area contributed by atoms with Gasteiger partial charge in [-0.2, -0.15) is 0 Å². The molecule has 1 heterocycles. The van der Waals surface area contributed by atoms with Crippen LogP contribution in [-0.2, 0) is 13.0 Å². The molecule has 20 heavy (non-hydrogen) atoms. The van der Waals surface area contributed by atoms with Gasteiger partial charge in [-0.15, -0.1) is 0 Å². The molecule has 102 valence electrons. The van der Waals surface area contributed by atoms with Gasteiger partial charge in [0.2, 0.25) is 0 Å². The number of aryl methyl sites for hydroxylation is 1. The Morgan fingerprint density at radius 3 is 2.70 bits per heavy atom. The van der Waals surface area contributed by atoms with E-state index in [0.717, 1.165) is 37.9 Å². The number of benzene rings is 2. The molecule has 0 N–H and O–H groups in total. The number of nitrogens with zero attached hydrogens (tertiary/aromatic N) is 1. The van der Waals surface area contributed by atoms with Crippen molar-refractivity contribution in [2.24, 2.45) is 0 Å². The van der Waals surface area contributed by atoms with Crippen LogP contribution >= 0.6 is 11.6 Å². The van der Waals surface area contributed by atoms with Gasteiger partial charge in [0.05, 0.1) is 0 Å². The summed E-state index contributed by atoms with van der Waals surface area (Å²) in [6.45, 7) is 1.80. The van der Waals surface area contributed by atoms with E-state index in [4.69, 9.17) is 11.6 Å². The van der Waals surface area contributed by atoms with Gasteiger partial charge in [-0.05, 0) is 42.2 Å². The van der Waals surface area contributed by atoms with Crippen LogP contribution in [0.1, 0.15) is 27.9 Å². The molecule has 0 radical (unpaired) electrons. The highest BCUT2D eigenvalue weighted by atomic mass is 35.5. The first-order valence-electron chi connectivity index (χ1n) is 6.84. The van der Waals surface area contributed by atoms with Crippen molar-refractivity contribution in [1.82, 2.24) is 0 Å². The summed E-state index contributed by atoms with van der Waals surface area (Å²) in [5, 5.41) is 0.603. The molecule has 0 spiro atoms. The van der Waals surface area contributed by atoms with Crippen molar-refractivity contribution in [3.63, 3.8) is 0 Å². The zero-order valence-electron chi connectivity index (χ0n) is 11.2. The minimum Gasteiger partial charge on any atom is -0.367 e. The maximum Gasteiger partial charge on any atom is 0.152 e. The Morgan fingerprint density at radius 1 is 1.10 bits per heavy atom. The third-order valence-electron chi connectivity index (χ3n) is 3.81. The van der Waals surface area contributed by atoms with Crippen LogP contribution in [0, 0.1) is 0 Å². The number of carbonyl (C=O) groups is 1. The average Bonchev–Trinajstić information content (AvgIpc) is 2.69. The minimum absolute atomic E-state index is 0.603. The normalized spacial score (nSPS) is 14.6. The van der Waals surface area contributed by atoms with Crippen LogP contribution in [0.25, 0.3) is 0 Å². The maximum absolute atomic E-state index is 11.3. The van der Waals surface area contributed by atoms with Crippen molar-refractivity contribution in [3.8, 4) is 0 Å². The van der Waals surface area contributed by atoms with Crippen LogP contribution in [0.4, 0.5) is 5.69 Å². The summed E-state index contributed by atoms with van der Waals surface area (Å²) in [5.41, 5.74) is 4.39. The predicted octanol–water partition coefficient (Wildman–Crippen LogP) is 4.11. The van der Waals surface area contributed by atoms with Gasteiger partial charge in [-0.1, -0.05) is 35.9 Å². The highest BCUT2D eigenvalue weighted by Crippen LogP contribution is 2.28. The summed E-state index contributed by atoms with van der Waals surface area (Å²) in [6.07, 6.45) is 3.08. The van der Waals surface area contributed by atoms with Gasteiger partial charge in [0.25, 0.3) is 0 Å². The Balaban J connectivity index is 1.97. The molecule has 0 fully saturated rings. The molecular weight excluding hydrogens is 270 g/mol. The smallest absolute Gasteiger partial charge is 0.152 e. The molecular formula is C17H16ClNO. The summed E-state index contributed by atoms with van der Waals surface area (Å²) in [7, 11) is 0. The molecule has 0 saturated carbocycles. The van der Waals surface area contributed by atoms with Gasteiger partial charge in [-0.3, -0.25) is 4.79 Å². The first-order valence-corrected chi connectivity index (χ1v) is 7.22. The van der Waals surface area contributed by atoms with Gasteiger partial charge in [-0.25, -0.2) is 0 Å². The lowest BCUT2D eigenvalue weighted by Crippen LogP contribution is -2.23. The minimum atomic E-state index is 0.603. The molecule has 3 heteroatoms. The fourth-order valence-corrected chi connectivity index (χ4v) is 2.99. The number of halogens is 1. The van der Waals surface area contributed by atoms with Crippen molar-refractivity contribution < 1.29 is 4.79 Å². The molecule has 1 aliphatic rings. The van der Waals surface area contributed by atoms with Crippen molar-refractivity contribution >= 4 is 23.6 Å². The van der Waals surface area contributed by atoms with Crippen molar-refractivity contribution in [3.05, 3.63) is 64.2 Å². The van der Waals surface area contributed by atoms with Crippen LogP contribution in [-0.4, -0.2) is 12.8 Å². The van der Waals surface area contributed by atoms with Gasteiger partial charge in [0.1, 0.15) is 0 Å². The molecule has 2 aromatic carbocycles. The van der Waals surface area contributed by atoms with Crippen molar-refractivity contribution in [2.75, 3.05) is 11.4 Å². The van der Waals surface area contributed by atoms with E-state index >= 15 is 0 Å². The third-order valence-corrected chi connectivity index (χ3v) is 4.05. The molecule has 0 aliphatic carbocycles. The summed E-state index contributed by atoms with van der Waals surface area (Å²) >= 11 is 5.97. The molecule has 2 nitrogen and oxygen atoms in total.